The molecule has 2 rings (SSSR count). The van der Waals surface area contributed by atoms with E-state index in [9.17, 15) is 9.59 Å². The average molecular weight is 442 g/mol. The predicted molar refractivity (Wildman–Crippen MR) is 129 cm³/mol. The van der Waals surface area contributed by atoms with Crippen molar-refractivity contribution in [1.82, 2.24) is 5.43 Å². The van der Waals surface area contributed by atoms with Crippen LogP contribution in [0.1, 0.15) is 81.1 Å². The van der Waals surface area contributed by atoms with Gasteiger partial charge in [-0.3, -0.25) is 9.59 Å². The zero-order chi connectivity index (χ0) is 22.5. The lowest BCUT2D eigenvalue weighted by molar-refractivity contribution is -0.121. The van der Waals surface area contributed by atoms with Gasteiger partial charge in [-0.2, -0.15) is 5.10 Å². The van der Waals surface area contributed by atoms with Gasteiger partial charge in [0.15, 0.2) is 0 Å². The Labute approximate surface area is 190 Å². The summed E-state index contributed by atoms with van der Waals surface area (Å²) in [7, 11) is 0. The Bertz CT molecular complexity index is 879. The number of amides is 2. The topological polar surface area (TPSA) is 70.6 Å². The van der Waals surface area contributed by atoms with Gasteiger partial charge < -0.3 is 5.32 Å². The summed E-state index contributed by atoms with van der Waals surface area (Å²) in [5.41, 5.74) is 5.31. The van der Waals surface area contributed by atoms with E-state index in [1.807, 2.05) is 31.2 Å². The highest BCUT2D eigenvalue weighted by molar-refractivity contribution is 6.30. The van der Waals surface area contributed by atoms with Crippen LogP contribution in [-0.4, -0.2) is 17.5 Å². The number of nitrogens with one attached hydrogen (secondary N) is 2. The maximum atomic E-state index is 12.4. The second-order valence-electron chi connectivity index (χ2n) is 7.65. The molecule has 0 saturated heterocycles. The lowest BCUT2D eigenvalue weighted by Crippen LogP contribution is -2.19. The van der Waals surface area contributed by atoms with Crippen molar-refractivity contribution in [3.05, 3.63) is 64.7 Å². The number of unbranched alkanes of at least 4 members (excludes halogenated alkanes) is 6. The molecule has 31 heavy (non-hydrogen) atoms. The van der Waals surface area contributed by atoms with Crippen molar-refractivity contribution in [1.29, 1.82) is 0 Å². The van der Waals surface area contributed by atoms with Crippen LogP contribution in [0.4, 0.5) is 5.69 Å². The molecule has 2 aromatic rings. The highest BCUT2D eigenvalue weighted by Crippen LogP contribution is 2.15. The Kier molecular flexibility index (Phi) is 10.8. The maximum Gasteiger partial charge on any atom is 0.255 e. The van der Waals surface area contributed by atoms with Crippen molar-refractivity contribution in [3.8, 4) is 0 Å². The van der Waals surface area contributed by atoms with Gasteiger partial charge in [0.25, 0.3) is 5.91 Å². The predicted octanol–water partition coefficient (Wildman–Crippen LogP) is 6.57. The van der Waals surface area contributed by atoms with E-state index >= 15 is 0 Å². The molecular weight excluding hydrogens is 410 g/mol. The summed E-state index contributed by atoms with van der Waals surface area (Å²) in [5.74, 6) is -0.286. The fourth-order valence-electron chi connectivity index (χ4n) is 3.14. The van der Waals surface area contributed by atoms with Crippen LogP contribution in [0, 0.1) is 0 Å². The fourth-order valence-corrected chi connectivity index (χ4v) is 3.26. The first kappa shape index (κ1) is 24.6. The summed E-state index contributed by atoms with van der Waals surface area (Å²) in [5, 5.41) is 7.66. The summed E-state index contributed by atoms with van der Waals surface area (Å²) in [6.07, 6.45) is 8.71. The summed E-state index contributed by atoms with van der Waals surface area (Å²) < 4.78 is 0. The largest absolute Gasteiger partial charge is 0.322 e. The van der Waals surface area contributed by atoms with Crippen LogP contribution in [0.5, 0.6) is 0 Å². The molecule has 0 fully saturated rings. The molecule has 0 bridgehead atoms. The van der Waals surface area contributed by atoms with Crippen molar-refractivity contribution in [2.24, 2.45) is 5.10 Å². The highest BCUT2D eigenvalue weighted by atomic mass is 35.5. The van der Waals surface area contributed by atoms with Crippen LogP contribution < -0.4 is 10.7 Å². The molecule has 0 atom stereocenters. The molecule has 0 aromatic heterocycles. The van der Waals surface area contributed by atoms with Gasteiger partial charge in [0.2, 0.25) is 5.91 Å². The number of carbonyl (C=O) groups excluding carboxylic acids is 2. The van der Waals surface area contributed by atoms with Crippen LogP contribution in [0.25, 0.3) is 0 Å². The van der Waals surface area contributed by atoms with Crippen molar-refractivity contribution >= 4 is 34.8 Å². The Hall–Kier alpha value is -2.66. The normalized spacial score (nSPS) is 11.3. The first-order valence-electron chi connectivity index (χ1n) is 11.0. The van der Waals surface area contributed by atoms with Gasteiger partial charge >= 0.3 is 0 Å². The monoisotopic (exact) mass is 441 g/mol. The molecule has 0 radical (unpaired) electrons. The molecule has 0 saturated carbocycles. The standard InChI is InChI=1S/C25H32ClN3O2/c1-3-4-5-6-7-8-9-13-24(30)29-28-19(2)21-11-10-12-23(18-21)27-25(31)20-14-16-22(26)17-15-20/h10-12,14-18H,3-9,13H2,1-2H3,(H,27,31)(H,29,30). The molecule has 6 heteroatoms. The molecule has 0 aliphatic carbocycles. The number of anilines is 1. The minimum atomic E-state index is -0.216. The van der Waals surface area contributed by atoms with Gasteiger partial charge in [0.1, 0.15) is 0 Å². The van der Waals surface area contributed by atoms with E-state index in [-0.39, 0.29) is 11.8 Å². The molecule has 0 aliphatic heterocycles. The maximum absolute atomic E-state index is 12.4. The summed E-state index contributed by atoms with van der Waals surface area (Å²) >= 11 is 5.87. The smallest absolute Gasteiger partial charge is 0.255 e. The number of hydrogen-bond donors (Lipinski definition) is 2. The minimum absolute atomic E-state index is 0.0693. The zero-order valence-electron chi connectivity index (χ0n) is 18.4. The third-order valence-electron chi connectivity index (χ3n) is 5.00. The van der Waals surface area contributed by atoms with Crippen molar-refractivity contribution in [3.63, 3.8) is 0 Å². The van der Waals surface area contributed by atoms with E-state index in [2.05, 4.69) is 22.8 Å². The summed E-state index contributed by atoms with van der Waals surface area (Å²) in [6, 6.07) is 14.1. The van der Waals surface area contributed by atoms with Crippen LogP contribution in [0.15, 0.2) is 53.6 Å². The molecule has 5 nitrogen and oxygen atoms in total. The second kappa shape index (κ2) is 13.6. The molecule has 2 aromatic carbocycles. The van der Waals surface area contributed by atoms with E-state index in [1.54, 1.807) is 24.3 Å². The molecule has 0 aliphatic rings. The molecule has 0 spiro atoms. The summed E-state index contributed by atoms with van der Waals surface area (Å²) in [4.78, 5) is 24.4. The molecule has 0 unspecified atom stereocenters. The van der Waals surface area contributed by atoms with E-state index in [1.165, 1.54) is 32.1 Å². The number of carbonyl (C=O) groups is 2. The van der Waals surface area contributed by atoms with Crippen molar-refractivity contribution < 1.29 is 9.59 Å². The van der Waals surface area contributed by atoms with Crippen molar-refractivity contribution in [2.45, 2.75) is 65.2 Å². The number of rotatable bonds is 12. The fraction of sp³-hybridized carbons (Fsp3) is 0.400. The zero-order valence-corrected chi connectivity index (χ0v) is 19.2. The number of nitrogens with zero attached hydrogens (tertiary/aromatic N) is 1. The van der Waals surface area contributed by atoms with Crippen molar-refractivity contribution in [2.75, 3.05) is 5.32 Å². The Morgan fingerprint density at radius 2 is 1.58 bits per heavy atom. The second-order valence-corrected chi connectivity index (χ2v) is 8.08. The average Bonchev–Trinajstić information content (AvgIpc) is 2.77. The first-order valence-corrected chi connectivity index (χ1v) is 11.4. The minimum Gasteiger partial charge on any atom is -0.322 e. The molecule has 166 valence electrons. The number of hydrogen-bond acceptors (Lipinski definition) is 3. The van der Waals surface area contributed by atoms with Gasteiger partial charge in [-0.05, 0) is 55.3 Å². The van der Waals surface area contributed by atoms with Crippen LogP contribution in [-0.2, 0) is 4.79 Å². The van der Waals surface area contributed by atoms with Gasteiger partial charge in [0.05, 0.1) is 5.71 Å². The number of halogens is 1. The lowest BCUT2D eigenvalue weighted by Gasteiger charge is -2.08. The van der Waals surface area contributed by atoms with Gasteiger partial charge in [-0.25, -0.2) is 5.43 Å². The molecule has 2 amide bonds. The lowest BCUT2D eigenvalue weighted by atomic mass is 10.1. The number of benzene rings is 2. The van der Waals surface area contributed by atoms with Crippen LogP contribution in [0.3, 0.4) is 0 Å². The Balaban J connectivity index is 1.81. The Morgan fingerprint density at radius 1 is 0.903 bits per heavy atom. The van der Waals surface area contributed by atoms with Gasteiger partial charge in [-0.15, -0.1) is 0 Å². The first-order chi connectivity index (χ1) is 15.0. The van der Waals surface area contributed by atoms with Gasteiger partial charge in [0, 0.05) is 22.7 Å². The quantitative estimate of drug-likeness (QED) is 0.222. The van der Waals surface area contributed by atoms with Crippen LogP contribution in [0.2, 0.25) is 5.02 Å². The molecule has 2 N–H and O–H groups in total. The number of hydrazone groups is 1. The Morgan fingerprint density at radius 3 is 2.29 bits per heavy atom. The third kappa shape index (κ3) is 9.35. The third-order valence-corrected chi connectivity index (χ3v) is 5.25. The van der Waals surface area contributed by atoms with Gasteiger partial charge in [-0.1, -0.05) is 69.2 Å². The van der Waals surface area contributed by atoms with E-state index < -0.39 is 0 Å². The van der Waals surface area contributed by atoms with E-state index in [4.69, 9.17) is 11.6 Å². The molecular formula is C25H32ClN3O2. The summed E-state index contributed by atoms with van der Waals surface area (Å²) in [6.45, 7) is 4.04. The van der Waals surface area contributed by atoms with E-state index in [0.29, 0.717) is 28.4 Å². The van der Waals surface area contributed by atoms with E-state index in [0.717, 1.165) is 18.4 Å². The highest BCUT2D eigenvalue weighted by Gasteiger charge is 2.07. The van der Waals surface area contributed by atoms with Crippen LogP contribution >= 0.6 is 11.6 Å². The SMILES string of the molecule is CCCCCCCCCC(=O)NN=C(C)c1cccc(NC(=O)c2ccc(Cl)cc2)c1. The molecule has 0 heterocycles.